The Morgan fingerprint density at radius 2 is 2.45 bits per heavy atom. The highest BCUT2D eigenvalue weighted by Gasteiger charge is 2.11. The first-order valence-electron chi connectivity index (χ1n) is 3.41. The first-order chi connectivity index (χ1) is 5.36. The maximum absolute atomic E-state index is 5.57. The maximum atomic E-state index is 5.57. The Balaban J connectivity index is 2.28. The van der Waals surface area contributed by atoms with E-state index in [9.17, 15) is 0 Å². The summed E-state index contributed by atoms with van der Waals surface area (Å²) in [5.74, 6) is 0. The van der Waals surface area contributed by atoms with Crippen molar-refractivity contribution in [3.05, 3.63) is 17.0 Å². The minimum Gasteiger partial charge on any atom is -0.395 e. The van der Waals surface area contributed by atoms with E-state index >= 15 is 0 Å². The Morgan fingerprint density at radius 3 is 3.00 bits per heavy atom. The Kier molecular flexibility index (Phi) is 1.70. The molecule has 54 valence electrons. The number of hydrogen-bond acceptors (Lipinski definition) is 3. The van der Waals surface area contributed by atoms with Gasteiger partial charge in [0.1, 0.15) is 20.2 Å². The van der Waals surface area contributed by atoms with Crippen LogP contribution in [-0.2, 0) is 4.84 Å². The molecule has 1 aromatic heterocycles. The first-order valence-corrected chi connectivity index (χ1v) is 4.22. The lowest BCUT2D eigenvalue weighted by Gasteiger charge is -1.88. The van der Waals surface area contributed by atoms with Gasteiger partial charge in [-0.1, -0.05) is 11.2 Å². The van der Waals surface area contributed by atoms with Crippen LogP contribution in [0, 0.1) is 0 Å². The van der Waals surface area contributed by atoms with E-state index in [1.54, 1.807) is 11.3 Å². The highest BCUT2D eigenvalue weighted by atomic mass is 32.1. The second-order valence-electron chi connectivity index (χ2n) is 2.32. The van der Waals surface area contributed by atoms with Crippen LogP contribution in [0.15, 0.2) is 17.3 Å². The third-order valence-corrected chi connectivity index (χ3v) is 2.48. The zero-order chi connectivity index (χ0) is 7.68. The Labute approximate surface area is 70.3 Å². The van der Waals surface area contributed by atoms with Crippen LogP contribution >= 0.6 is 11.3 Å². The minimum atomic E-state index is 0.702. The summed E-state index contributed by atoms with van der Waals surface area (Å²) in [6.07, 6.45) is 0.903. The fourth-order valence-corrected chi connectivity index (χ4v) is 1.77. The van der Waals surface area contributed by atoms with Crippen LogP contribution in [0.4, 0.5) is 0 Å². The third kappa shape index (κ3) is 1.31. The zero-order valence-electron chi connectivity index (χ0n) is 5.91. The van der Waals surface area contributed by atoms with Crippen LogP contribution in [0.5, 0.6) is 0 Å². The first kappa shape index (κ1) is 6.92. The van der Waals surface area contributed by atoms with Gasteiger partial charge in [0.25, 0.3) is 0 Å². The lowest BCUT2D eigenvalue weighted by Crippen LogP contribution is -1.94. The van der Waals surface area contributed by atoms with Crippen LogP contribution in [0.3, 0.4) is 0 Å². The van der Waals surface area contributed by atoms with E-state index in [4.69, 9.17) is 12.7 Å². The number of rotatable bonds is 1. The molecule has 0 amide bonds. The normalized spacial score (nSPS) is 16.2. The molecule has 0 aliphatic carbocycles. The Morgan fingerprint density at radius 1 is 1.55 bits per heavy atom. The molecule has 0 atom stereocenters. The zero-order valence-corrected chi connectivity index (χ0v) is 6.73. The molecule has 0 aromatic carbocycles. The van der Waals surface area contributed by atoms with Crippen LogP contribution < -0.4 is 4.78 Å². The molecule has 0 unspecified atom stereocenters. The third-order valence-electron chi connectivity index (χ3n) is 1.52. The standard InChI is InChI=1S/C7H6BNOS/c8-7-2-1-6(11-7)5-3-4-10-9-5/h1-2H,3-4H2. The molecule has 2 nitrogen and oxygen atoms in total. The summed E-state index contributed by atoms with van der Waals surface area (Å²) in [4.78, 5) is 6.00. The fourth-order valence-electron chi connectivity index (χ4n) is 0.988. The monoisotopic (exact) mass is 163 g/mol. The van der Waals surface area contributed by atoms with E-state index in [2.05, 4.69) is 5.16 Å². The lowest BCUT2D eigenvalue weighted by atomic mass is 10.1. The topological polar surface area (TPSA) is 21.6 Å². The fraction of sp³-hybridized carbons (Fsp3) is 0.286. The van der Waals surface area contributed by atoms with Gasteiger partial charge in [0.2, 0.25) is 0 Å². The summed E-state index contributed by atoms with van der Waals surface area (Å²) in [5, 5.41) is 3.89. The average Bonchev–Trinajstić information content (AvgIpc) is 2.55. The second kappa shape index (κ2) is 2.70. The largest absolute Gasteiger partial charge is 0.395 e. The van der Waals surface area contributed by atoms with Crippen LogP contribution in [0.2, 0.25) is 0 Å². The van der Waals surface area contributed by atoms with E-state index in [1.165, 1.54) is 0 Å². The maximum Gasteiger partial charge on any atom is 0.128 e. The summed E-state index contributed by atoms with van der Waals surface area (Å²) < 4.78 is 0.828. The molecule has 2 heterocycles. The molecule has 4 heteroatoms. The Hall–Kier alpha value is -0.765. The number of hydrogen-bond donors (Lipinski definition) is 0. The van der Waals surface area contributed by atoms with Crippen molar-refractivity contribution in [2.24, 2.45) is 5.16 Å². The van der Waals surface area contributed by atoms with Crippen molar-refractivity contribution in [3.8, 4) is 0 Å². The van der Waals surface area contributed by atoms with Gasteiger partial charge in [-0.3, -0.25) is 0 Å². The van der Waals surface area contributed by atoms with Crippen molar-refractivity contribution in [2.75, 3.05) is 6.61 Å². The van der Waals surface area contributed by atoms with Crippen LogP contribution in [0.25, 0.3) is 0 Å². The molecule has 0 N–H and O–H groups in total. The van der Waals surface area contributed by atoms with Crippen LogP contribution in [0.1, 0.15) is 11.3 Å². The predicted molar refractivity (Wildman–Crippen MR) is 46.8 cm³/mol. The summed E-state index contributed by atoms with van der Waals surface area (Å²) in [7, 11) is 5.57. The van der Waals surface area contributed by atoms with Gasteiger partial charge < -0.3 is 4.84 Å². The molecule has 2 rings (SSSR count). The second-order valence-corrected chi connectivity index (χ2v) is 3.44. The molecule has 11 heavy (non-hydrogen) atoms. The Bertz CT molecular complexity index is 294. The number of thiophene rings is 1. The van der Waals surface area contributed by atoms with Gasteiger partial charge in [-0.15, -0.1) is 0 Å². The van der Waals surface area contributed by atoms with Crippen molar-refractivity contribution >= 4 is 29.7 Å². The molecule has 0 bridgehead atoms. The molecule has 0 fully saturated rings. The highest BCUT2D eigenvalue weighted by molar-refractivity contribution is 7.21. The molecular weight excluding hydrogens is 157 g/mol. The van der Waals surface area contributed by atoms with E-state index in [0.29, 0.717) is 6.61 Å². The number of nitrogens with zero attached hydrogens (tertiary/aromatic N) is 1. The summed E-state index contributed by atoms with van der Waals surface area (Å²) in [6, 6.07) is 3.87. The molecular formula is C7H6BNOS. The summed E-state index contributed by atoms with van der Waals surface area (Å²) in [5.41, 5.74) is 1.02. The van der Waals surface area contributed by atoms with Gasteiger partial charge in [0.05, 0.1) is 4.88 Å². The van der Waals surface area contributed by atoms with Crippen molar-refractivity contribution in [1.29, 1.82) is 0 Å². The smallest absolute Gasteiger partial charge is 0.128 e. The quantitative estimate of drug-likeness (QED) is 0.557. The van der Waals surface area contributed by atoms with Crippen molar-refractivity contribution in [2.45, 2.75) is 6.42 Å². The van der Waals surface area contributed by atoms with Gasteiger partial charge in [0, 0.05) is 6.42 Å². The molecule has 1 aliphatic rings. The molecule has 1 aromatic rings. The molecule has 1 aliphatic heterocycles. The van der Waals surface area contributed by atoms with E-state index < -0.39 is 0 Å². The van der Waals surface area contributed by atoms with Gasteiger partial charge in [-0.2, -0.15) is 11.3 Å². The summed E-state index contributed by atoms with van der Waals surface area (Å²) >= 11 is 1.55. The number of oxime groups is 1. The van der Waals surface area contributed by atoms with Crippen molar-refractivity contribution < 1.29 is 4.84 Å². The van der Waals surface area contributed by atoms with Gasteiger partial charge in [-0.25, -0.2) is 0 Å². The SMILES string of the molecule is [B]c1ccc(C2=NOCC2)s1. The lowest BCUT2D eigenvalue weighted by molar-refractivity contribution is 0.174. The molecule has 0 spiro atoms. The molecule has 0 saturated carbocycles. The molecule has 2 radical (unpaired) electrons. The van der Waals surface area contributed by atoms with Crippen molar-refractivity contribution in [1.82, 2.24) is 0 Å². The summed E-state index contributed by atoms with van der Waals surface area (Å²) in [6.45, 7) is 0.702. The van der Waals surface area contributed by atoms with Crippen LogP contribution in [-0.4, -0.2) is 20.2 Å². The average molecular weight is 163 g/mol. The van der Waals surface area contributed by atoms with Gasteiger partial charge in [0.15, 0.2) is 0 Å². The van der Waals surface area contributed by atoms with Gasteiger partial charge in [-0.05, 0) is 10.8 Å². The highest BCUT2D eigenvalue weighted by Crippen LogP contribution is 2.13. The van der Waals surface area contributed by atoms with E-state index in [1.807, 2.05) is 12.1 Å². The van der Waals surface area contributed by atoms with Gasteiger partial charge >= 0.3 is 0 Å². The predicted octanol–water partition coefficient (Wildman–Crippen LogP) is 0.666. The van der Waals surface area contributed by atoms with Crippen molar-refractivity contribution in [3.63, 3.8) is 0 Å². The molecule has 0 saturated heterocycles. The van der Waals surface area contributed by atoms with E-state index in [-0.39, 0.29) is 0 Å². The van der Waals surface area contributed by atoms with E-state index in [0.717, 1.165) is 21.8 Å². The minimum absolute atomic E-state index is 0.702.